The van der Waals surface area contributed by atoms with E-state index in [9.17, 15) is 0 Å². The second kappa shape index (κ2) is 11.9. The molecule has 0 aliphatic carbocycles. The number of aliphatic imine (C=N–C) groups is 1. The van der Waals surface area contributed by atoms with Gasteiger partial charge in [-0.1, -0.05) is 13.0 Å². The monoisotopic (exact) mass is 492 g/mol. The fourth-order valence-corrected chi connectivity index (χ4v) is 4.20. The van der Waals surface area contributed by atoms with Gasteiger partial charge in [-0.25, -0.2) is 4.98 Å². The molecule has 0 aliphatic heterocycles. The van der Waals surface area contributed by atoms with Crippen LogP contribution in [0.1, 0.15) is 34.3 Å². The Bertz CT molecular complexity index is 638. The van der Waals surface area contributed by atoms with Gasteiger partial charge in [0.05, 0.1) is 10.7 Å². The van der Waals surface area contributed by atoms with Crippen LogP contribution >= 0.6 is 46.7 Å². The zero-order valence-corrected chi connectivity index (χ0v) is 19.5. The first kappa shape index (κ1) is 22.4. The van der Waals surface area contributed by atoms with Gasteiger partial charge in [0.25, 0.3) is 0 Å². The number of hydrogen-bond acceptors (Lipinski definition) is 4. The second-order valence-corrected chi connectivity index (χ2v) is 8.02. The molecule has 1 N–H and O–H groups in total. The molecule has 0 aliphatic rings. The van der Waals surface area contributed by atoms with Gasteiger partial charge in [-0.3, -0.25) is 4.99 Å². The summed E-state index contributed by atoms with van der Waals surface area (Å²) in [6, 6.07) is 4.30. The average Bonchev–Trinajstić information content (AvgIpc) is 3.21. The number of nitrogens with one attached hydrogen (secondary N) is 1. The van der Waals surface area contributed by atoms with E-state index in [1.807, 2.05) is 22.7 Å². The molecule has 2 rings (SSSR count). The predicted octanol–water partition coefficient (Wildman–Crippen LogP) is 4.38. The Labute approximate surface area is 176 Å². The molecule has 0 atom stereocenters. The lowest BCUT2D eigenvalue weighted by Gasteiger charge is -2.21. The highest BCUT2D eigenvalue weighted by atomic mass is 127. The third-order valence-electron chi connectivity index (χ3n) is 3.83. The topological polar surface area (TPSA) is 40.5 Å². The van der Waals surface area contributed by atoms with Gasteiger partial charge in [-0.2, -0.15) is 0 Å². The van der Waals surface area contributed by atoms with Crippen LogP contribution in [-0.2, 0) is 19.3 Å². The van der Waals surface area contributed by atoms with E-state index >= 15 is 0 Å². The van der Waals surface area contributed by atoms with Crippen molar-refractivity contribution in [1.82, 2.24) is 15.2 Å². The maximum atomic E-state index is 4.77. The summed E-state index contributed by atoms with van der Waals surface area (Å²) in [7, 11) is 2.11. The van der Waals surface area contributed by atoms with Crippen LogP contribution in [0, 0.1) is 6.92 Å². The molecule has 0 unspecified atom stereocenters. The van der Waals surface area contributed by atoms with Crippen molar-refractivity contribution < 1.29 is 0 Å². The molecule has 0 radical (unpaired) electrons. The fourth-order valence-electron chi connectivity index (χ4n) is 2.49. The van der Waals surface area contributed by atoms with Gasteiger partial charge in [-0.05, 0) is 38.1 Å². The lowest BCUT2D eigenvalue weighted by Crippen LogP contribution is -2.40. The Hall–Kier alpha value is -0.670. The van der Waals surface area contributed by atoms with E-state index in [1.54, 1.807) is 0 Å². The summed E-state index contributed by atoms with van der Waals surface area (Å²) >= 11 is 3.62. The number of aryl methyl sites for hydroxylation is 2. The lowest BCUT2D eigenvalue weighted by atomic mass is 10.3. The molecule has 7 heteroatoms. The van der Waals surface area contributed by atoms with Gasteiger partial charge in [-0.15, -0.1) is 46.7 Å². The van der Waals surface area contributed by atoms with Crippen molar-refractivity contribution in [2.24, 2.45) is 4.99 Å². The van der Waals surface area contributed by atoms with Crippen molar-refractivity contribution in [1.29, 1.82) is 0 Å². The summed E-state index contributed by atoms with van der Waals surface area (Å²) in [5, 5.41) is 6.72. The molecular formula is C18H29IN4S2. The molecule has 2 heterocycles. The van der Waals surface area contributed by atoms with Crippen molar-refractivity contribution in [2.75, 3.05) is 26.7 Å². The van der Waals surface area contributed by atoms with Crippen LogP contribution in [0.2, 0.25) is 0 Å². The normalized spacial score (nSPS) is 11.3. The molecule has 0 saturated heterocycles. The lowest BCUT2D eigenvalue weighted by molar-refractivity contribution is 0.487. The van der Waals surface area contributed by atoms with Crippen molar-refractivity contribution >= 4 is 52.6 Å². The van der Waals surface area contributed by atoms with E-state index in [2.05, 4.69) is 55.5 Å². The summed E-state index contributed by atoms with van der Waals surface area (Å²) in [6.07, 6.45) is 2.99. The molecule has 0 saturated carbocycles. The number of nitrogens with zero attached hydrogens (tertiary/aromatic N) is 3. The smallest absolute Gasteiger partial charge is 0.193 e. The number of hydrogen-bond donors (Lipinski definition) is 1. The van der Waals surface area contributed by atoms with Crippen LogP contribution in [0.5, 0.6) is 0 Å². The minimum Gasteiger partial charge on any atom is -0.357 e. The van der Waals surface area contributed by atoms with E-state index in [4.69, 9.17) is 9.98 Å². The van der Waals surface area contributed by atoms with Gasteiger partial charge >= 0.3 is 0 Å². The van der Waals surface area contributed by atoms with E-state index in [1.165, 1.54) is 20.5 Å². The summed E-state index contributed by atoms with van der Waals surface area (Å²) in [5.74, 6) is 0.984. The Morgan fingerprint density at radius 3 is 2.72 bits per heavy atom. The first-order chi connectivity index (χ1) is 11.6. The Balaban J connectivity index is 0.00000312. The zero-order chi connectivity index (χ0) is 17.4. The van der Waals surface area contributed by atoms with Gasteiger partial charge in [0, 0.05) is 42.9 Å². The number of rotatable bonds is 8. The zero-order valence-electron chi connectivity index (χ0n) is 15.5. The highest BCUT2D eigenvalue weighted by Gasteiger charge is 2.08. The van der Waals surface area contributed by atoms with Crippen LogP contribution in [0.3, 0.4) is 0 Å². The highest BCUT2D eigenvalue weighted by Crippen LogP contribution is 2.18. The summed E-state index contributed by atoms with van der Waals surface area (Å²) in [4.78, 5) is 14.5. The number of halogens is 1. The predicted molar refractivity (Wildman–Crippen MR) is 122 cm³/mol. The molecule has 25 heavy (non-hydrogen) atoms. The van der Waals surface area contributed by atoms with Crippen LogP contribution in [-0.4, -0.2) is 42.5 Å². The molecular weight excluding hydrogens is 463 g/mol. The van der Waals surface area contributed by atoms with E-state index in [0.717, 1.165) is 44.9 Å². The van der Waals surface area contributed by atoms with E-state index in [-0.39, 0.29) is 24.0 Å². The molecule has 0 bridgehead atoms. The molecule has 0 fully saturated rings. The molecule has 0 spiro atoms. The third-order valence-corrected chi connectivity index (χ3v) is 5.84. The Morgan fingerprint density at radius 2 is 2.12 bits per heavy atom. The number of thiophene rings is 1. The molecule has 2 aromatic heterocycles. The fraction of sp³-hybridized carbons (Fsp3) is 0.556. The van der Waals surface area contributed by atoms with Crippen molar-refractivity contribution in [3.8, 4) is 0 Å². The van der Waals surface area contributed by atoms with Crippen LogP contribution in [0.25, 0.3) is 0 Å². The van der Waals surface area contributed by atoms with Crippen molar-refractivity contribution in [3.63, 3.8) is 0 Å². The highest BCUT2D eigenvalue weighted by molar-refractivity contribution is 14.0. The molecule has 0 amide bonds. The summed E-state index contributed by atoms with van der Waals surface area (Å²) in [5.41, 5.74) is 1.24. The van der Waals surface area contributed by atoms with Crippen LogP contribution < -0.4 is 5.32 Å². The number of aromatic nitrogens is 1. The number of thiazole rings is 1. The molecule has 2 aromatic rings. The standard InChI is InChI=1S/C18H28N4S2.HI/c1-5-16-14(3)24-17(21-16)9-11-20-18(19-6-2)22(4)12-10-15-8-7-13-23-15;/h7-8,13H,5-6,9-12H2,1-4H3,(H,19,20);1H. The third kappa shape index (κ3) is 7.22. The van der Waals surface area contributed by atoms with E-state index in [0.29, 0.717) is 0 Å². The average molecular weight is 492 g/mol. The van der Waals surface area contributed by atoms with Gasteiger partial charge in [0.15, 0.2) is 5.96 Å². The quantitative estimate of drug-likeness (QED) is 0.338. The van der Waals surface area contributed by atoms with Gasteiger partial charge < -0.3 is 10.2 Å². The van der Waals surface area contributed by atoms with Gasteiger partial charge in [0.1, 0.15) is 0 Å². The van der Waals surface area contributed by atoms with Crippen LogP contribution in [0.4, 0.5) is 0 Å². The first-order valence-electron chi connectivity index (χ1n) is 8.61. The number of likely N-dealkylation sites (N-methyl/N-ethyl adjacent to an activating group) is 1. The van der Waals surface area contributed by atoms with Crippen LogP contribution in [0.15, 0.2) is 22.5 Å². The summed E-state index contributed by atoms with van der Waals surface area (Å²) in [6.45, 7) is 9.07. The summed E-state index contributed by atoms with van der Waals surface area (Å²) < 4.78 is 0. The van der Waals surface area contributed by atoms with E-state index < -0.39 is 0 Å². The number of guanidine groups is 1. The van der Waals surface area contributed by atoms with Gasteiger partial charge in [0.2, 0.25) is 0 Å². The molecule has 0 aromatic carbocycles. The minimum atomic E-state index is 0. The minimum absolute atomic E-state index is 0. The largest absolute Gasteiger partial charge is 0.357 e. The molecule has 4 nitrogen and oxygen atoms in total. The second-order valence-electron chi connectivity index (χ2n) is 5.70. The first-order valence-corrected chi connectivity index (χ1v) is 10.3. The maximum Gasteiger partial charge on any atom is 0.193 e. The Morgan fingerprint density at radius 1 is 1.32 bits per heavy atom. The maximum absolute atomic E-state index is 4.77. The van der Waals surface area contributed by atoms with Crippen molar-refractivity contribution in [3.05, 3.63) is 38.0 Å². The molecule has 140 valence electrons. The SMILES string of the molecule is CCNC(=NCCc1nc(CC)c(C)s1)N(C)CCc1cccs1.I. The van der Waals surface area contributed by atoms with Crippen molar-refractivity contribution in [2.45, 2.75) is 40.0 Å². The Kier molecular flexibility index (Phi) is 10.6.